The number of carbonyl (C=O) groups is 1. The average molecular weight is 222 g/mol. The molecule has 16 heavy (non-hydrogen) atoms. The molecular weight excluding hydrogens is 204 g/mol. The van der Waals surface area contributed by atoms with Crippen LogP contribution < -0.4 is 15.8 Å². The number of hydrogen-bond donors (Lipinski definition) is 2. The van der Waals surface area contributed by atoms with E-state index in [1.165, 1.54) is 0 Å². The van der Waals surface area contributed by atoms with Gasteiger partial charge in [-0.3, -0.25) is 4.79 Å². The number of nitrogens with two attached hydrogens (primary N) is 1. The van der Waals surface area contributed by atoms with E-state index in [0.717, 1.165) is 17.9 Å². The van der Waals surface area contributed by atoms with Gasteiger partial charge in [0, 0.05) is 18.3 Å². The molecular formula is C12H18N2O2. The maximum absolute atomic E-state index is 11.7. The quantitative estimate of drug-likeness (QED) is 0.795. The monoisotopic (exact) mass is 222 g/mol. The van der Waals surface area contributed by atoms with E-state index in [2.05, 4.69) is 5.32 Å². The zero-order valence-corrected chi connectivity index (χ0v) is 9.69. The Bertz CT molecular complexity index is 349. The summed E-state index contributed by atoms with van der Waals surface area (Å²) >= 11 is 0. The average Bonchev–Trinajstić information content (AvgIpc) is 2.31. The van der Waals surface area contributed by atoms with Crippen LogP contribution in [0.5, 0.6) is 5.75 Å². The van der Waals surface area contributed by atoms with Crippen molar-refractivity contribution in [2.24, 2.45) is 11.7 Å². The minimum Gasteiger partial charge on any atom is -0.497 e. The van der Waals surface area contributed by atoms with Gasteiger partial charge in [-0.2, -0.15) is 0 Å². The van der Waals surface area contributed by atoms with E-state index in [0.29, 0.717) is 6.54 Å². The van der Waals surface area contributed by atoms with Crippen molar-refractivity contribution in [2.45, 2.75) is 13.3 Å². The fourth-order valence-electron chi connectivity index (χ4n) is 1.40. The van der Waals surface area contributed by atoms with E-state index < -0.39 is 0 Å². The van der Waals surface area contributed by atoms with Gasteiger partial charge in [0.15, 0.2) is 0 Å². The third-order valence-electron chi connectivity index (χ3n) is 2.49. The third kappa shape index (κ3) is 3.24. The Morgan fingerprint density at radius 1 is 1.56 bits per heavy atom. The fourth-order valence-corrected chi connectivity index (χ4v) is 1.40. The summed E-state index contributed by atoms with van der Waals surface area (Å²) in [5.74, 6) is 0.544. The van der Waals surface area contributed by atoms with Gasteiger partial charge in [-0.15, -0.1) is 0 Å². The van der Waals surface area contributed by atoms with Crippen molar-refractivity contribution in [3.8, 4) is 5.75 Å². The Kier molecular flexibility index (Phi) is 4.79. The number of amides is 1. The number of carbonyl (C=O) groups excluding carboxylic acids is 1. The number of nitrogens with one attached hydrogen (secondary N) is 1. The van der Waals surface area contributed by atoms with Gasteiger partial charge < -0.3 is 15.8 Å². The zero-order valence-electron chi connectivity index (χ0n) is 9.69. The van der Waals surface area contributed by atoms with Gasteiger partial charge in [0.05, 0.1) is 13.0 Å². The van der Waals surface area contributed by atoms with Gasteiger partial charge in [0.25, 0.3) is 0 Å². The Balaban J connectivity index is 2.68. The molecule has 0 spiro atoms. The van der Waals surface area contributed by atoms with Crippen LogP contribution >= 0.6 is 0 Å². The van der Waals surface area contributed by atoms with Gasteiger partial charge in [0.2, 0.25) is 5.91 Å². The number of benzene rings is 1. The third-order valence-corrected chi connectivity index (χ3v) is 2.49. The second-order valence-electron chi connectivity index (χ2n) is 3.56. The molecule has 0 fully saturated rings. The molecule has 0 aliphatic rings. The first-order chi connectivity index (χ1) is 7.71. The number of rotatable bonds is 5. The second kappa shape index (κ2) is 6.12. The van der Waals surface area contributed by atoms with Gasteiger partial charge in [-0.25, -0.2) is 0 Å². The molecule has 88 valence electrons. The molecule has 1 amide bonds. The second-order valence-corrected chi connectivity index (χ2v) is 3.56. The molecule has 4 nitrogen and oxygen atoms in total. The maximum atomic E-state index is 11.7. The molecule has 0 saturated heterocycles. The highest BCUT2D eigenvalue weighted by molar-refractivity contribution is 5.92. The molecule has 0 bridgehead atoms. The lowest BCUT2D eigenvalue weighted by atomic mass is 10.1. The molecule has 1 aromatic carbocycles. The van der Waals surface area contributed by atoms with Crippen LogP contribution in [0.2, 0.25) is 0 Å². The summed E-state index contributed by atoms with van der Waals surface area (Å²) in [6, 6.07) is 7.26. The van der Waals surface area contributed by atoms with E-state index >= 15 is 0 Å². The predicted octanol–water partition coefficient (Wildman–Crippen LogP) is 1.62. The van der Waals surface area contributed by atoms with E-state index in [1.807, 2.05) is 25.1 Å². The molecule has 0 saturated carbocycles. The first-order valence-corrected chi connectivity index (χ1v) is 5.36. The summed E-state index contributed by atoms with van der Waals surface area (Å²) in [6.45, 7) is 2.31. The largest absolute Gasteiger partial charge is 0.497 e. The minimum absolute atomic E-state index is 0.0433. The van der Waals surface area contributed by atoms with Gasteiger partial charge in [0.1, 0.15) is 5.75 Å². The first kappa shape index (κ1) is 12.5. The van der Waals surface area contributed by atoms with Crippen LogP contribution in [0.3, 0.4) is 0 Å². The summed E-state index contributed by atoms with van der Waals surface area (Å²) in [5.41, 5.74) is 6.24. The molecule has 1 rings (SSSR count). The molecule has 3 N–H and O–H groups in total. The lowest BCUT2D eigenvalue weighted by molar-refractivity contribution is -0.119. The van der Waals surface area contributed by atoms with Crippen molar-refractivity contribution in [1.82, 2.24) is 0 Å². The lowest BCUT2D eigenvalue weighted by Gasteiger charge is -2.13. The first-order valence-electron chi connectivity index (χ1n) is 5.36. The molecule has 0 aliphatic heterocycles. The van der Waals surface area contributed by atoms with Crippen molar-refractivity contribution < 1.29 is 9.53 Å². The van der Waals surface area contributed by atoms with Crippen LogP contribution in [0.25, 0.3) is 0 Å². The predicted molar refractivity (Wildman–Crippen MR) is 64.5 cm³/mol. The van der Waals surface area contributed by atoms with E-state index in [4.69, 9.17) is 10.5 Å². The summed E-state index contributed by atoms with van der Waals surface area (Å²) in [7, 11) is 1.59. The number of hydrogen-bond acceptors (Lipinski definition) is 3. The maximum Gasteiger partial charge on any atom is 0.228 e. The number of anilines is 1. The Morgan fingerprint density at radius 3 is 2.88 bits per heavy atom. The SMILES string of the molecule is CCC(CN)C(=O)Nc1cccc(OC)c1. The molecule has 4 heteroatoms. The highest BCUT2D eigenvalue weighted by Gasteiger charge is 2.14. The van der Waals surface area contributed by atoms with E-state index in [9.17, 15) is 4.79 Å². The van der Waals surface area contributed by atoms with Crippen LogP contribution in [0.15, 0.2) is 24.3 Å². The topological polar surface area (TPSA) is 64.4 Å². The van der Waals surface area contributed by atoms with Crippen LogP contribution in [0.4, 0.5) is 5.69 Å². The summed E-state index contributed by atoms with van der Waals surface area (Å²) in [4.78, 5) is 11.7. The lowest BCUT2D eigenvalue weighted by Crippen LogP contribution is -2.28. The molecule has 0 radical (unpaired) electrons. The normalized spacial score (nSPS) is 11.9. The standard InChI is InChI=1S/C12H18N2O2/c1-3-9(8-13)12(15)14-10-5-4-6-11(7-10)16-2/h4-7,9H,3,8,13H2,1-2H3,(H,14,15). The van der Waals surface area contributed by atoms with Gasteiger partial charge in [-0.1, -0.05) is 13.0 Å². The van der Waals surface area contributed by atoms with E-state index in [-0.39, 0.29) is 11.8 Å². The van der Waals surface area contributed by atoms with Crippen molar-refractivity contribution in [2.75, 3.05) is 19.0 Å². The molecule has 1 unspecified atom stereocenters. The van der Waals surface area contributed by atoms with Crippen molar-refractivity contribution in [1.29, 1.82) is 0 Å². The van der Waals surface area contributed by atoms with Crippen molar-refractivity contribution in [3.63, 3.8) is 0 Å². The fraction of sp³-hybridized carbons (Fsp3) is 0.417. The smallest absolute Gasteiger partial charge is 0.228 e. The van der Waals surface area contributed by atoms with E-state index in [1.54, 1.807) is 13.2 Å². The molecule has 0 heterocycles. The molecule has 0 aromatic heterocycles. The van der Waals surface area contributed by atoms with Gasteiger partial charge >= 0.3 is 0 Å². The van der Waals surface area contributed by atoms with Crippen LogP contribution in [-0.2, 0) is 4.79 Å². The number of methoxy groups -OCH3 is 1. The molecule has 0 aliphatic carbocycles. The Labute approximate surface area is 95.8 Å². The zero-order chi connectivity index (χ0) is 12.0. The Morgan fingerprint density at radius 2 is 2.31 bits per heavy atom. The van der Waals surface area contributed by atoms with Crippen LogP contribution in [-0.4, -0.2) is 19.6 Å². The minimum atomic E-state index is -0.133. The molecule has 1 atom stereocenters. The number of ether oxygens (including phenoxy) is 1. The molecule has 1 aromatic rings. The highest BCUT2D eigenvalue weighted by atomic mass is 16.5. The summed E-state index contributed by atoms with van der Waals surface area (Å²) in [5, 5.41) is 2.82. The van der Waals surface area contributed by atoms with Crippen molar-refractivity contribution >= 4 is 11.6 Å². The van der Waals surface area contributed by atoms with Crippen LogP contribution in [0, 0.1) is 5.92 Å². The summed E-state index contributed by atoms with van der Waals surface area (Å²) < 4.78 is 5.07. The van der Waals surface area contributed by atoms with Gasteiger partial charge in [-0.05, 0) is 18.6 Å². The summed E-state index contributed by atoms with van der Waals surface area (Å²) in [6.07, 6.45) is 0.742. The highest BCUT2D eigenvalue weighted by Crippen LogP contribution is 2.17. The van der Waals surface area contributed by atoms with Crippen molar-refractivity contribution in [3.05, 3.63) is 24.3 Å². The Hall–Kier alpha value is -1.55. The van der Waals surface area contributed by atoms with Crippen LogP contribution in [0.1, 0.15) is 13.3 Å².